The number of carbonyl (C=O) groups excluding carboxylic acids is 1. The largest absolute Gasteiger partial charge is 0.506 e. The average Bonchev–Trinajstić information content (AvgIpc) is 2.67. The normalized spacial score (nSPS) is 14.5. The number of rotatable bonds is 2. The number of likely N-dealkylation sites (tertiary alicyclic amines) is 1. The van der Waals surface area contributed by atoms with Crippen molar-refractivity contribution >= 4 is 28.5 Å². The smallest absolute Gasteiger partial charge is 0.317 e. The lowest BCUT2D eigenvalue weighted by atomic mass is 10.2. The first-order valence-corrected chi connectivity index (χ1v) is 6.54. The molecule has 2 heterocycles. The Labute approximate surface area is 115 Å². The highest BCUT2D eigenvalue weighted by atomic mass is 35.5. The maximum Gasteiger partial charge on any atom is 0.317 e. The topological polar surface area (TPSA) is 68.4 Å². The second kappa shape index (κ2) is 4.66. The van der Waals surface area contributed by atoms with E-state index < -0.39 is 0 Å². The first kappa shape index (κ1) is 12.2. The van der Waals surface area contributed by atoms with Gasteiger partial charge < -0.3 is 20.3 Å². The number of amides is 2. The maximum absolute atomic E-state index is 11.7. The van der Waals surface area contributed by atoms with E-state index in [1.807, 2.05) is 6.07 Å². The van der Waals surface area contributed by atoms with Crippen molar-refractivity contribution < 1.29 is 9.90 Å². The van der Waals surface area contributed by atoms with Crippen LogP contribution in [0.2, 0.25) is 5.02 Å². The fourth-order valence-electron chi connectivity index (χ4n) is 2.10. The van der Waals surface area contributed by atoms with Crippen molar-refractivity contribution in [2.24, 2.45) is 0 Å². The van der Waals surface area contributed by atoms with Crippen molar-refractivity contribution in [3.63, 3.8) is 0 Å². The number of hydrogen-bond donors (Lipinski definition) is 3. The first-order chi connectivity index (χ1) is 9.13. The minimum absolute atomic E-state index is 0.0363. The van der Waals surface area contributed by atoms with Gasteiger partial charge in [-0.3, -0.25) is 0 Å². The Morgan fingerprint density at radius 2 is 2.21 bits per heavy atom. The van der Waals surface area contributed by atoms with Crippen molar-refractivity contribution in [2.75, 3.05) is 13.1 Å². The molecule has 1 aromatic heterocycles. The molecule has 0 spiro atoms. The fourth-order valence-corrected chi connectivity index (χ4v) is 2.27. The molecule has 1 aromatic carbocycles. The molecule has 0 unspecified atom stereocenters. The van der Waals surface area contributed by atoms with Gasteiger partial charge in [0, 0.05) is 35.8 Å². The number of H-pyrrole nitrogens is 1. The molecule has 1 aliphatic heterocycles. The van der Waals surface area contributed by atoms with Crippen LogP contribution in [0.4, 0.5) is 4.79 Å². The van der Waals surface area contributed by atoms with E-state index in [-0.39, 0.29) is 11.8 Å². The van der Waals surface area contributed by atoms with Crippen molar-refractivity contribution in [2.45, 2.75) is 13.0 Å². The molecule has 3 N–H and O–H groups in total. The Kier molecular flexibility index (Phi) is 2.98. The molecule has 6 heteroatoms. The third kappa shape index (κ3) is 2.33. The van der Waals surface area contributed by atoms with Crippen molar-refractivity contribution in [1.29, 1.82) is 0 Å². The minimum atomic E-state index is -0.0363. The van der Waals surface area contributed by atoms with Crippen LogP contribution in [0, 0.1) is 0 Å². The van der Waals surface area contributed by atoms with Gasteiger partial charge in [-0.25, -0.2) is 4.79 Å². The summed E-state index contributed by atoms with van der Waals surface area (Å²) in [6.07, 6.45) is 1.08. The first-order valence-electron chi connectivity index (χ1n) is 6.16. The van der Waals surface area contributed by atoms with Gasteiger partial charge in [-0.15, -0.1) is 0 Å². The zero-order valence-electron chi connectivity index (χ0n) is 10.2. The van der Waals surface area contributed by atoms with Crippen LogP contribution in [0.25, 0.3) is 10.9 Å². The van der Waals surface area contributed by atoms with Gasteiger partial charge in [-0.1, -0.05) is 11.6 Å². The van der Waals surface area contributed by atoms with E-state index in [0.717, 1.165) is 36.1 Å². The van der Waals surface area contributed by atoms with Gasteiger partial charge in [-0.05, 0) is 18.6 Å². The summed E-state index contributed by atoms with van der Waals surface area (Å²) in [6.45, 7) is 2.10. The second-order valence-electron chi connectivity index (χ2n) is 4.68. The highest BCUT2D eigenvalue weighted by Crippen LogP contribution is 2.29. The number of benzene rings is 1. The zero-order chi connectivity index (χ0) is 13.4. The van der Waals surface area contributed by atoms with Gasteiger partial charge in [0.05, 0.1) is 11.6 Å². The fraction of sp³-hybridized carbons (Fsp3) is 0.308. The summed E-state index contributed by atoms with van der Waals surface area (Å²) < 4.78 is 0. The number of halogens is 1. The standard InChI is InChI=1S/C13H14ClN3O2/c14-10-5-8-4-9(16-11(8)6-12(10)18)7-15-13(19)17-2-1-3-17/h4-6,16,18H,1-3,7H2,(H,15,19). The number of carbonyl (C=O) groups is 1. The average molecular weight is 280 g/mol. The minimum Gasteiger partial charge on any atom is -0.506 e. The molecule has 0 bridgehead atoms. The Balaban J connectivity index is 1.72. The summed E-state index contributed by atoms with van der Waals surface area (Å²) >= 11 is 5.85. The molecular formula is C13H14ClN3O2. The number of nitrogens with one attached hydrogen (secondary N) is 2. The third-order valence-corrected chi connectivity index (χ3v) is 3.62. The van der Waals surface area contributed by atoms with Crippen molar-refractivity contribution in [1.82, 2.24) is 15.2 Å². The Hall–Kier alpha value is -1.88. The van der Waals surface area contributed by atoms with E-state index in [1.165, 1.54) is 0 Å². The lowest BCUT2D eigenvalue weighted by molar-refractivity contribution is 0.167. The van der Waals surface area contributed by atoms with Gasteiger partial charge in [0.15, 0.2) is 0 Å². The van der Waals surface area contributed by atoms with Gasteiger partial charge in [0.25, 0.3) is 0 Å². The molecule has 2 amide bonds. The number of aromatic hydroxyl groups is 1. The number of urea groups is 1. The lowest BCUT2D eigenvalue weighted by Crippen LogP contribution is -2.47. The number of nitrogens with zero attached hydrogens (tertiary/aromatic N) is 1. The Morgan fingerprint density at radius 1 is 1.42 bits per heavy atom. The lowest BCUT2D eigenvalue weighted by Gasteiger charge is -2.30. The van der Waals surface area contributed by atoms with Crippen LogP contribution in [-0.4, -0.2) is 34.1 Å². The molecular weight excluding hydrogens is 266 g/mol. The van der Waals surface area contributed by atoms with E-state index in [2.05, 4.69) is 10.3 Å². The van der Waals surface area contributed by atoms with Crippen LogP contribution in [0.1, 0.15) is 12.1 Å². The summed E-state index contributed by atoms with van der Waals surface area (Å²) in [6, 6.07) is 5.16. The third-order valence-electron chi connectivity index (χ3n) is 3.32. The summed E-state index contributed by atoms with van der Waals surface area (Å²) in [7, 11) is 0. The molecule has 1 aliphatic rings. The van der Waals surface area contributed by atoms with Crippen LogP contribution in [0.15, 0.2) is 18.2 Å². The molecule has 0 saturated carbocycles. The van der Waals surface area contributed by atoms with Gasteiger partial charge in [-0.2, -0.15) is 0 Å². The van der Waals surface area contributed by atoms with E-state index in [4.69, 9.17) is 11.6 Å². The Bertz CT molecular complexity index is 595. The summed E-state index contributed by atoms with van der Waals surface area (Å²) in [5.74, 6) is 0.0483. The van der Waals surface area contributed by atoms with Crippen LogP contribution in [0.5, 0.6) is 5.75 Å². The quantitative estimate of drug-likeness (QED) is 0.790. The molecule has 19 heavy (non-hydrogen) atoms. The van der Waals surface area contributed by atoms with Gasteiger partial charge >= 0.3 is 6.03 Å². The van der Waals surface area contributed by atoms with E-state index in [9.17, 15) is 9.90 Å². The highest BCUT2D eigenvalue weighted by molar-refractivity contribution is 6.32. The van der Waals surface area contributed by atoms with Gasteiger partial charge in [0.2, 0.25) is 0 Å². The Morgan fingerprint density at radius 3 is 2.89 bits per heavy atom. The molecule has 1 fully saturated rings. The summed E-state index contributed by atoms with van der Waals surface area (Å²) in [5, 5.41) is 13.6. The molecule has 0 atom stereocenters. The molecule has 100 valence electrons. The monoisotopic (exact) mass is 279 g/mol. The number of hydrogen-bond acceptors (Lipinski definition) is 2. The molecule has 0 radical (unpaired) electrons. The second-order valence-corrected chi connectivity index (χ2v) is 5.09. The predicted molar refractivity (Wildman–Crippen MR) is 73.4 cm³/mol. The van der Waals surface area contributed by atoms with E-state index in [1.54, 1.807) is 17.0 Å². The molecule has 0 aliphatic carbocycles. The SMILES string of the molecule is O=C(NCc1cc2cc(Cl)c(O)cc2[nH]1)N1CCC1. The molecule has 5 nitrogen and oxygen atoms in total. The molecule has 2 aromatic rings. The van der Waals surface area contributed by atoms with Crippen molar-refractivity contribution in [3.8, 4) is 5.75 Å². The van der Waals surface area contributed by atoms with Crippen LogP contribution >= 0.6 is 11.6 Å². The van der Waals surface area contributed by atoms with E-state index in [0.29, 0.717) is 11.6 Å². The van der Waals surface area contributed by atoms with Crippen LogP contribution in [-0.2, 0) is 6.54 Å². The number of aromatic nitrogens is 1. The number of aromatic amines is 1. The predicted octanol–water partition coefficient (Wildman–Crippen LogP) is 2.44. The number of fused-ring (bicyclic) bond motifs is 1. The zero-order valence-corrected chi connectivity index (χ0v) is 11.0. The summed E-state index contributed by atoms with van der Waals surface area (Å²) in [5.41, 5.74) is 1.68. The summed E-state index contributed by atoms with van der Waals surface area (Å²) in [4.78, 5) is 16.6. The molecule has 1 saturated heterocycles. The molecule has 3 rings (SSSR count). The van der Waals surface area contributed by atoms with Crippen LogP contribution < -0.4 is 5.32 Å². The number of phenolic OH excluding ortho intramolecular Hbond substituents is 1. The van der Waals surface area contributed by atoms with E-state index >= 15 is 0 Å². The van der Waals surface area contributed by atoms with Crippen LogP contribution in [0.3, 0.4) is 0 Å². The number of phenols is 1. The van der Waals surface area contributed by atoms with Gasteiger partial charge in [0.1, 0.15) is 5.75 Å². The maximum atomic E-state index is 11.7. The highest BCUT2D eigenvalue weighted by Gasteiger charge is 2.19. The van der Waals surface area contributed by atoms with Crippen molar-refractivity contribution in [3.05, 3.63) is 28.9 Å².